The fourth-order valence-electron chi connectivity index (χ4n) is 3.37. The van der Waals surface area contributed by atoms with Crippen LogP contribution in [0.15, 0.2) is 4.99 Å². The van der Waals surface area contributed by atoms with Crippen LogP contribution < -0.4 is 27.8 Å². The monoisotopic (exact) mass is 473 g/mol. The van der Waals surface area contributed by atoms with Crippen molar-refractivity contribution in [2.45, 2.75) is 63.7 Å². The Balaban J connectivity index is 2.85. The summed E-state index contributed by atoms with van der Waals surface area (Å²) in [7, 11) is 0. The van der Waals surface area contributed by atoms with Crippen LogP contribution in [0.2, 0.25) is 0 Å². The second-order valence-corrected chi connectivity index (χ2v) is 8.42. The number of thiol groups is 1. The highest BCUT2D eigenvalue weighted by Crippen LogP contribution is 2.21. The highest BCUT2D eigenvalue weighted by Gasteiger charge is 2.39. The van der Waals surface area contributed by atoms with E-state index in [1.807, 2.05) is 0 Å². The molecule has 3 amide bonds. The molecule has 0 aromatic heterocycles. The Morgan fingerprint density at radius 2 is 1.88 bits per heavy atom. The fourth-order valence-corrected chi connectivity index (χ4v) is 3.53. The molecule has 1 rings (SSSR count). The van der Waals surface area contributed by atoms with Crippen LogP contribution in [-0.4, -0.2) is 82.7 Å². The number of nitrogens with one attached hydrogen (secondary N) is 2. The number of carboxylic acids is 1. The maximum absolute atomic E-state index is 13.2. The van der Waals surface area contributed by atoms with Gasteiger partial charge in [-0.15, -0.1) is 0 Å². The Morgan fingerprint density at radius 3 is 2.41 bits per heavy atom. The number of likely N-dealkylation sites (tertiary alicyclic amines) is 1. The minimum absolute atomic E-state index is 0.0943. The predicted molar refractivity (Wildman–Crippen MR) is 123 cm³/mol. The van der Waals surface area contributed by atoms with Crippen molar-refractivity contribution in [2.75, 3.05) is 18.8 Å². The zero-order chi connectivity index (χ0) is 24.4. The van der Waals surface area contributed by atoms with E-state index in [-0.39, 0.29) is 30.6 Å². The smallest absolute Gasteiger partial charge is 0.326 e. The Bertz CT molecular complexity index is 714. The van der Waals surface area contributed by atoms with E-state index in [9.17, 15) is 24.3 Å². The standard InChI is InChI=1S/C19H35N7O5S/c1-10(2)14(25-15(27)11(20)9-32)17(29)26-8-4-6-13(26)16(28)24-12(18(30)31)5-3-7-23-19(21)22/h10-14,32H,3-9,20H2,1-2H3,(H,24,28)(H,25,27)(H,30,31)(H4,21,22,23). The van der Waals surface area contributed by atoms with Crippen LogP contribution in [0.5, 0.6) is 0 Å². The lowest BCUT2D eigenvalue weighted by atomic mass is 10.0. The zero-order valence-electron chi connectivity index (χ0n) is 18.5. The van der Waals surface area contributed by atoms with Gasteiger partial charge in [-0.1, -0.05) is 13.8 Å². The largest absolute Gasteiger partial charge is 0.480 e. The SMILES string of the molecule is CC(C)C(NC(=O)C(N)CS)C(=O)N1CCCC1C(=O)NC(CCCN=C(N)N)C(=O)O. The molecular weight excluding hydrogens is 438 g/mol. The van der Waals surface area contributed by atoms with E-state index in [2.05, 4.69) is 28.3 Å². The van der Waals surface area contributed by atoms with Gasteiger partial charge >= 0.3 is 5.97 Å². The van der Waals surface area contributed by atoms with Crippen molar-refractivity contribution in [1.29, 1.82) is 0 Å². The van der Waals surface area contributed by atoms with Gasteiger partial charge in [0.25, 0.3) is 0 Å². The lowest BCUT2D eigenvalue weighted by molar-refractivity contribution is -0.145. The van der Waals surface area contributed by atoms with Crippen molar-refractivity contribution in [3.05, 3.63) is 0 Å². The number of rotatable bonds is 12. The van der Waals surface area contributed by atoms with Crippen LogP contribution in [0.25, 0.3) is 0 Å². The van der Waals surface area contributed by atoms with Crippen molar-refractivity contribution < 1.29 is 24.3 Å². The molecule has 1 aliphatic heterocycles. The van der Waals surface area contributed by atoms with E-state index in [4.69, 9.17) is 17.2 Å². The molecule has 0 aliphatic carbocycles. The average Bonchev–Trinajstić information content (AvgIpc) is 3.22. The van der Waals surface area contributed by atoms with Crippen molar-refractivity contribution in [3.8, 4) is 0 Å². The molecule has 1 saturated heterocycles. The maximum atomic E-state index is 13.2. The normalized spacial score (nSPS) is 18.5. The Kier molecular flexibility index (Phi) is 11.3. The number of nitrogens with zero attached hydrogens (tertiary/aromatic N) is 2. The van der Waals surface area contributed by atoms with E-state index < -0.39 is 47.9 Å². The number of nitrogens with two attached hydrogens (primary N) is 3. The number of guanidine groups is 1. The third-order valence-corrected chi connectivity index (χ3v) is 5.56. The first-order chi connectivity index (χ1) is 15.0. The molecule has 9 N–H and O–H groups in total. The third kappa shape index (κ3) is 8.19. The van der Waals surface area contributed by atoms with Gasteiger partial charge in [0.1, 0.15) is 18.1 Å². The van der Waals surface area contributed by atoms with Gasteiger partial charge in [-0.05, 0) is 31.6 Å². The first kappa shape index (κ1) is 27.5. The molecule has 0 aromatic carbocycles. The van der Waals surface area contributed by atoms with Crippen LogP contribution in [0, 0.1) is 5.92 Å². The Hall–Kier alpha value is -2.54. The fraction of sp³-hybridized carbons (Fsp3) is 0.737. The van der Waals surface area contributed by atoms with Gasteiger partial charge in [0.15, 0.2) is 5.96 Å². The zero-order valence-corrected chi connectivity index (χ0v) is 19.4. The van der Waals surface area contributed by atoms with E-state index in [1.54, 1.807) is 13.8 Å². The summed E-state index contributed by atoms with van der Waals surface area (Å²) in [5.74, 6) is -2.86. The van der Waals surface area contributed by atoms with Crippen molar-refractivity contribution in [3.63, 3.8) is 0 Å². The minimum atomic E-state index is -1.19. The van der Waals surface area contributed by atoms with Crippen LogP contribution in [0.1, 0.15) is 39.5 Å². The summed E-state index contributed by atoms with van der Waals surface area (Å²) < 4.78 is 0. The number of amides is 3. The van der Waals surface area contributed by atoms with Gasteiger partial charge < -0.3 is 37.8 Å². The van der Waals surface area contributed by atoms with Crippen molar-refractivity contribution >= 4 is 42.3 Å². The van der Waals surface area contributed by atoms with Gasteiger partial charge in [-0.25, -0.2) is 4.79 Å². The molecule has 12 nitrogen and oxygen atoms in total. The van der Waals surface area contributed by atoms with Gasteiger partial charge in [-0.2, -0.15) is 12.6 Å². The number of hydrogen-bond acceptors (Lipinski definition) is 7. The van der Waals surface area contributed by atoms with Crippen LogP contribution in [0.4, 0.5) is 0 Å². The molecule has 0 spiro atoms. The average molecular weight is 474 g/mol. The summed E-state index contributed by atoms with van der Waals surface area (Å²) in [5.41, 5.74) is 16.2. The molecule has 0 aromatic rings. The molecule has 1 fully saturated rings. The van der Waals surface area contributed by atoms with Gasteiger partial charge in [0.2, 0.25) is 17.7 Å². The van der Waals surface area contributed by atoms with Crippen molar-refractivity contribution in [1.82, 2.24) is 15.5 Å². The van der Waals surface area contributed by atoms with Crippen molar-refractivity contribution in [2.24, 2.45) is 28.1 Å². The number of carbonyl (C=O) groups is 4. The van der Waals surface area contributed by atoms with Gasteiger partial charge in [0.05, 0.1) is 6.04 Å². The summed E-state index contributed by atoms with van der Waals surface area (Å²) in [6.45, 7) is 4.12. The van der Waals surface area contributed by atoms with Crippen LogP contribution >= 0.6 is 12.6 Å². The number of aliphatic carboxylic acids is 1. The highest BCUT2D eigenvalue weighted by molar-refractivity contribution is 7.80. The third-order valence-electron chi connectivity index (χ3n) is 5.16. The molecular formula is C19H35N7O5S. The molecule has 0 saturated carbocycles. The molecule has 32 heavy (non-hydrogen) atoms. The summed E-state index contributed by atoms with van der Waals surface area (Å²) >= 11 is 4.00. The molecule has 13 heteroatoms. The summed E-state index contributed by atoms with van der Waals surface area (Å²) in [4.78, 5) is 54.9. The summed E-state index contributed by atoms with van der Waals surface area (Å²) in [6, 6.07) is -3.68. The number of carboxylic acid groups (broad SMARTS) is 1. The number of carbonyl (C=O) groups excluding carboxylic acids is 3. The van der Waals surface area contributed by atoms with Gasteiger partial charge in [-0.3, -0.25) is 19.4 Å². The molecule has 0 radical (unpaired) electrons. The molecule has 182 valence electrons. The lowest BCUT2D eigenvalue weighted by Crippen LogP contribution is -2.58. The first-order valence-corrected chi connectivity index (χ1v) is 11.2. The molecule has 1 heterocycles. The molecule has 1 aliphatic rings. The number of hydrogen-bond donors (Lipinski definition) is 7. The summed E-state index contributed by atoms with van der Waals surface area (Å²) in [5, 5.41) is 14.6. The van der Waals surface area contributed by atoms with E-state index >= 15 is 0 Å². The topological polar surface area (TPSA) is 206 Å². The molecule has 4 atom stereocenters. The van der Waals surface area contributed by atoms with Crippen LogP contribution in [-0.2, 0) is 19.2 Å². The van der Waals surface area contributed by atoms with Crippen LogP contribution in [0.3, 0.4) is 0 Å². The maximum Gasteiger partial charge on any atom is 0.326 e. The first-order valence-electron chi connectivity index (χ1n) is 10.5. The quantitative estimate of drug-likeness (QED) is 0.0728. The molecule has 0 bridgehead atoms. The highest BCUT2D eigenvalue weighted by atomic mass is 32.1. The Morgan fingerprint density at radius 1 is 1.22 bits per heavy atom. The second kappa shape index (κ2) is 13.1. The van der Waals surface area contributed by atoms with Gasteiger partial charge in [0, 0.05) is 18.8 Å². The minimum Gasteiger partial charge on any atom is -0.480 e. The lowest BCUT2D eigenvalue weighted by Gasteiger charge is -2.31. The van der Waals surface area contributed by atoms with E-state index in [1.165, 1.54) is 4.90 Å². The molecule has 4 unspecified atom stereocenters. The summed E-state index contributed by atoms with van der Waals surface area (Å²) in [6.07, 6.45) is 1.47. The number of aliphatic imine (C=N–C) groups is 1. The Labute approximate surface area is 193 Å². The van der Waals surface area contributed by atoms with E-state index in [0.29, 0.717) is 25.8 Å². The van der Waals surface area contributed by atoms with E-state index in [0.717, 1.165) is 0 Å². The second-order valence-electron chi connectivity index (χ2n) is 8.06. The predicted octanol–water partition coefficient (Wildman–Crippen LogP) is -2.00.